The van der Waals surface area contributed by atoms with E-state index >= 15 is 0 Å². The number of aromatic amines is 2. The van der Waals surface area contributed by atoms with Crippen LogP contribution in [0, 0.1) is 6.92 Å². The number of H-pyrrole nitrogens is 2. The van der Waals surface area contributed by atoms with Gasteiger partial charge in [0.05, 0.1) is 10.5 Å². The molecule has 5 rings (SSSR count). The molecule has 4 aromatic rings. The van der Waals surface area contributed by atoms with Crippen LogP contribution >= 0.6 is 11.6 Å². The number of hydrogen-bond acceptors (Lipinski definition) is 4. The monoisotopic (exact) mass is 434 g/mol. The Morgan fingerprint density at radius 1 is 1.06 bits per heavy atom. The Balaban J connectivity index is 1.59. The van der Waals surface area contributed by atoms with Gasteiger partial charge in [0.25, 0.3) is 5.56 Å². The van der Waals surface area contributed by atoms with Crippen molar-refractivity contribution in [1.82, 2.24) is 15.0 Å². The van der Waals surface area contributed by atoms with Crippen molar-refractivity contribution in [2.75, 3.05) is 18.0 Å². The average Bonchev–Trinajstić information content (AvgIpc) is 3.20. The number of pyridine rings is 1. The first-order chi connectivity index (χ1) is 15.0. The summed E-state index contributed by atoms with van der Waals surface area (Å²) in [6, 6.07) is 11.8. The van der Waals surface area contributed by atoms with Gasteiger partial charge in [0.15, 0.2) is 0 Å². The molecule has 0 unspecified atom stereocenters. The van der Waals surface area contributed by atoms with Gasteiger partial charge in [0.1, 0.15) is 17.1 Å². The summed E-state index contributed by atoms with van der Waals surface area (Å²) in [5, 5.41) is 12.0. The van der Waals surface area contributed by atoms with Gasteiger partial charge in [-0.1, -0.05) is 23.7 Å². The first-order valence-electron chi connectivity index (χ1n) is 10.5. The molecule has 0 aliphatic carbocycles. The lowest BCUT2D eigenvalue weighted by Crippen LogP contribution is -2.29. The van der Waals surface area contributed by atoms with Gasteiger partial charge in [-0.25, -0.2) is 4.98 Å². The molecule has 2 aromatic carbocycles. The van der Waals surface area contributed by atoms with Crippen molar-refractivity contribution in [1.29, 1.82) is 0 Å². The summed E-state index contributed by atoms with van der Waals surface area (Å²) in [6.45, 7) is 4.02. The molecular weight excluding hydrogens is 412 g/mol. The van der Waals surface area contributed by atoms with Crippen molar-refractivity contribution in [3.8, 4) is 28.3 Å². The number of aryl methyl sites for hydroxylation is 1. The second kappa shape index (κ2) is 7.78. The Morgan fingerprint density at radius 3 is 2.48 bits per heavy atom. The van der Waals surface area contributed by atoms with E-state index in [0.29, 0.717) is 21.7 Å². The van der Waals surface area contributed by atoms with Gasteiger partial charge in [-0.05, 0) is 56.0 Å². The summed E-state index contributed by atoms with van der Waals surface area (Å²) in [4.78, 5) is 25.0. The smallest absolute Gasteiger partial charge is 0.263 e. The summed E-state index contributed by atoms with van der Waals surface area (Å²) < 4.78 is 0. The van der Waals surface area contributed by atoms with Crippen LogP contribution in [0.4, 0.5) is 5.69 Å². The van der Waals surface area contributed by atoms with E-state index in [1.54, 1.807) is 12.3 Å². The van der Waals surface area contributed by atoms with E-state index in [-0.39, 0.29) is 11.3 Å². The van der Waals surface area contributed by atoms with Gasteiger partial charge >= 0.3 is 0 Å². The molecule has 31 heavy (non-hydrogen) atoms. The zero-order valence-electron chi connectivity index (χ0n) is 17.2. The van der Waals surface area contributed by atoms with Crippen LogP contribution in [0.1, 0.15) is 25.0 Å². The van der Waals surface area contributed by atoms with Crippen molar-refractivity contribution in [2.24, 2.45) is 0 Å². The number of aromatic hydroxyl groups is 1. The number of imidazole rings is 1. The molecule has 1 aliphatic rings. The SMILES string of the molecule is Cc1cnc(-c2c(O)c3cc(-c4ccc(N5CCCCC5)cc4)c(Cl)cc3[nH]c2=O)[nH]1. The molecule has 0 amide bonds. The zero-order valence-corrected chi connectivity index (χ0v) is 18.0. The molecule has 2 aromatic heterocycles. The lowest BCUT2D eigenvalue weighted by atomic mass is 10.0. The Kier molecular flexibility index (Phi) is 4.94. The summed E-state index contributed by atoms with van der Waals surface area (Å²) in [5.74, 6) is 0.219. The maximum absolute atomic E-state index is 12.6. The van der Waals surface area contributed by atoms with Crippen LogP contribution in [0.2, 0.25) is 5.02 Å². The first-order valence-corrected chi connectivity index (χ1v) is 10.8. The largest absolute Gasteiger partial charge is 0.506 e. The first kappa shape index (κ1) is 19.7. The zero-order chi connectivity index (χ0) is 21.5. The van der Waals surface area contributed by atoms with Crippen molar-refractivity contribution in [3.63, 3.8) is 0 Å². The molecule has 0 radical (unpaired) electrons. The van der Waals surface area contributed by atoms with E-state index in [1.165, 1.54) is 24.9 Å². The van der Waals surface area contributed by atoms with Crippen LogP contribution in [-0.2, 0) is 0 Å². The van der Waals surface area contributed by atoms with Crippen LogP contribution in [0.3, 0.4) is 0 Å². The molecule has 0 spiro atoms. The van der Waals surface area contributed by atoms with Crippen LogP contribution < -0.4 is 10.5 Å². The third kappa shape index (κ3) is 3.57. The van der Waals surface area contributed by atoms with Gasteiger partial charge < -0.3 is 20.0 Å². The standard InChI is InChI=1S/C24H23ClN4O2/c1-14-13-26-23(27-14)21-22(30)18-11-17(19(25)12-20(18)28-24(21)31)15-5-7-16(8-6-15)29-9-3-2-4-10-29/h5-8,11-13H,2-4,9-10H2,1H3,(H,26,27)(H2,28,30,31). The van der Waals surface area contributed by atoms with E-state index in [1.807, 2.05) is 13.0 Å². The van der Waals surface area contributed by atoms with Gasteiger partial charge in [0, 0.05) is 41.6 Å². The van der Waals surface area contributed by atoms with E-state index in [0.717, 1.165) is 29.9 Å². The minimum absolute atomic E-state index is 0.115. The fraction of sp³-hybridized carbons (Fsp3) is 0.250. The van der Waals surface area contributed by atoms with Crippen molar-refractivity contribution < 1.29 is 5.11 Å². The lowest BCUT2D eigenvalue weighted by molar-refractivity contribution is 0.482. The molecule has 158 valence electrons. The molecular formula is C24H23ClN4O2. The highest BCUT2D eigenvalue weighted by Gasteiger charge is 2.18. The number of nitrogens with zero attached hydrogens (tertiary/aromatic N) is 2. The Labute approximate surface area is 184 Å². The Bertz CT molecular complexity index is 1320. The summed E-state index contributed by atoms with van der Waals surface area (Å²) in [5.41, 5.74) is 3.94. The lowest BCUT2D eigenvalue weighted by Gasteiger charge is -2.28. The molecule has 3 heterocycles. The van der Waals surface area contributed by atoms with E-state index in [9.17, 15) is 9.90 Å². The van der Waals surface area contributed by atoms with Crippen LogP contribution in [0.15, 0.2) is 47.4 Å². The average molecular weight is 435 g/mol. The third-order valence-corrected chi connectivity index (χ3v) is 6.23. The van der Waals surface area contributed by atoms with Crippen molar-refractivity contribution in [2.45, 2.75) is 26.2 Å². The highest BCUT2D eigenvalue weighted by Crippen LogP contribution is 2.37. The molecule has 1 aliphatic heterocycles. The fourth-order valence-corrected chi connectivity index (χ4v) is 4.56. The number of hydrogen-bond donors (Lipinski definition) is 3. The third-order valence-electron chi connectivity index (χ3n) is 5.91. The van der Waals surface area contributed by atoms with Crippen LogP contribution in [0.5, 0.6) is 5.75 Å². The number of fused-ring (bicyclic) bond motifs is 1. The predicted octanol–water partition coefficient (Wildman–Crippen LogP) is 5.24. The van der Waals surface area contributed by atoms with Crippen molar-refractivity contribution in [3.05, 3.63) is 63.7 Å². The molecule has 0 saturated carbocycles. The van der Waals surface area contributed by atoms with E-state index in [2.05, 4.69) is 44.1 Å². The Hall–Kier alpha value is -3.25. The molecule has 7 heteroatoms. The van der Waals surface area contributed by atoms with Gasteiger partial charge in [-0.15, -0.1) is 0 Å². The highest BCUT2D eigenvalue weighted by molar-refractivity contribution is 6.34. The molecule has 0 atom stereocenters. The molecule has 1 fully saturated rings. The quantitative estimate of drug-likeness (QED) is 0.411. The maximum Gasteiger partial charge on any atom is 0.263 e. The predicted molar refractivity (Wildman–Crippen MR) is 125 cm³/mol. The number of benzene rings is 2. The van der Waals surface area contributed by atoms with E-state index in [4.69, 9.17) is 11.6 Å². The minimum atomic E-state index is -0.422. The number of anilines is 1. The molecule has 0 bridgehead atoms. The molecule has 6 nitrogen and oxygen atoms in total. The maximum atomic E-state index is 12.6. The number of rotatable bonds is 3. The van der Waals surface area contributed by atoms with Gasteiger partial charge in [-0.2, -0.15) is 0 Å². The van der Waals surface area contributed by atoms with Gasteiger partial charge in [0.2, 0.25) is 0 Å². The van der Waals surface area contributed by atoms with Crippen LogP contribution in [0.25, 0.3) is 33.4 Å². The second-order valence-corrected chi connectivity index (χ2v) is 8.47. The number of aromatic nitrogens is 3. The highest BCUT2D eigenvalue weighted by atomic mass is 35.5. The second-order valence-electron chi connectivity index (χ2n) is 8.06. The fourth-order valence-electron chi connectivity index (χ4n) is 4.28. The van der Waals surface area contributed by atoms with Crippen LogP contribution in [-0.4, -0.2) is 33.1 Å². The summed E-state index contributed by atoms with van der Waals surface area (Å²) >= 11 is 6.56. The van der Waals surface area contributed by atoms with Crippen molar-refractivity contribution >= 4 is 28.2 Å². The topological polar surface area (TPSA) is 85.0 Å². The number of nitrogens with one attached hydrogen (secondary N) is 2. The normalized spacial score (nSPS) is 14.3. The minimum Gasteiger partial charge on any atom is -0.506 e. The molecule has 3 N–H and O–H groups in total. The molecule has 1 saturated heterocycles. The van der Waals surface area contributed by atoms with E-state index < -0.39 is 5.56 Å². The summed E-state index contributed by atoms with van der Waals surface area (Å²) in [7, 11) is 0. The van der Waals surface area contributed by atoms with Gasteiger partial charge in [-0.3, -0.25) is 4.79 Å². The summed E-state index contributed by atoms with van der Waals surface area (Å²) in [6.07, 6.45) is 5.38. The Morgan fingerprint density at radius 2 is 1.81 bits per heavy atom. The number of halogens is 1. The number of piperidine rings is 1.